The molecule has 3 rings (SSSR count). The summed E-state index contributed by atoms with van der Waals surface area (Å²) in [7, 11) is -10.2. The molecule has 0 aliphatic heterocycles. The Morgan fingerprint density at radius 1 is 0.462 bits per heavy atom. The van der Waals surface area contributed by atoms with Gasteiger partial charge in [-0.2, -0.15) is 0 Å². The van der Waals surface area contributed by atoms with Gasteiger partial charge >= 0.3 is 65.4 Å². The summed E-state index contributed by atoms with van der Waals surface area (Å²) in [6.45, 7) is 21.1. The molecule has 22 nitrogen and oxygen atoms in total. The average molecular weight is 1210 g/mol. The van der Waals surface area contributed by atoms with E-state index >= 15 is 0 Å². The monoisotopic (exact) mass is 1210 g/mol. The van der Waals surface area contributed by atoms with Gasteiger partial charge in [-0.3, -0.25) is 38.4 Å². The quantitative estimate of drug-likeness (QED) is 0.0287. The fourth-order valence-electron chi connectivity index (χ4n) is 4.94. The second-order valence-corrected chi connectivity index (χ2v) is 19.4. The first-order valence-corrected chi connectivity index (χ1v) is 28.6. The summed E-state index contributed by atoms with van der Waals surface area (Å²) < 4.78 is 89.8. The van der Waals surface area contributed by atoms with Crippen molar-refractivity contribution in [1.82, 2.24) is 4.90 Å². The molecule has 3 aromatic rings. The third kappa shape index (κ3) is 42.4. The van der Waals surface area contributed by atoms with Gasteiger partial charge in [0.05, 0.1) is 57.0 Å². The summed E-state index contributed by atoms with van der Waals surface area (Å²) in [5.41, 5.74) is 0. The molecule has 0 spiro atoms. The van der Waals surface area contributed by atoms with Crippen LogP contribution in [0.15, 0.2) is 106 Å². The van der Waals surface area contributed by atoms with Gasteiger partial charge in [-0.15, -0.1) is 0 Å². The molecule has 0 saturated heterocycles. The smallest absolute Gasteiger partial charge is 0.747 e. The summed E-state index contributed by atoms with van der Waals surface area (Å²) in [5.74, 6) is -6.72. The molecular weight excluding hydrogens is 1140 g/mol. The number of aliphatic hydroxyl groups excluding tert-OH is 1. The molecule has 1 N–H and O–H groups in total. The van der Waals surface area contributed by atoms with E-state index < -0.39 is 77.0 Å². The minimum atomic E-state index is -5.11. The Balaban J connectivity index is -0.000000279. The predicted molar refractivity (Wildman–Crippen MR) is 285 cm³/mol. The van der Waals surface area contributed by atoms with Crippen LogP contribution in [0.1, 0.15) is 82.1 Å². The Kier molecular flexibility index (Phi) is 53.5. The number of carbonyl (C=O) groups excluding carboxylic acids is 8. The Labute approximate surface area is 493 Å². The van der Waals surface area contributed by atoms with Crippen LogP contribution in [0.4, 0.5) is 0 Å². The second kappa shape index (κ2) is 50.7. The first-order valence-electron chi connectivity index (χ1n) is 23.7. The van der Waals surface area contributed by atoms with Crippen molar-refractivity contribution in [3.05, 3.63) is 91.0 Å². The van der Waals surface area contributed by atoms with Gasteiger partial charge in [0.2, 0.25) is 21.0 Å². The van der Waals surface area contributed by atoms with Crippen molar-refractivity contribution in [3.8, 4) is 0 Å². The van der Waals surface area contributed by atoms with E-state index in [0.717, 1.165) is 0 Å². The van der Waals surface area contributed by atoms with E-state index in [1.165, 1.54) is 62.0 Å². The van der Waals surface area contributed by atoms with Gasteiger partial charge < -0.3 is 47.5 Å². The van der Waals surface area contributed by atoms with Crippen LogP contribution in [0.3, 0.4) is 0 Å². The zero-order valence-electron chi connectivity index (χ0n) is 45.8. The van der Waals surface area contributed by atoms with Crippen molar-refractivity contribution in [2.75, 3.05) is 65.9 Å². The van der Waals surface area contributed by atoms with Crippen LogP contribution < -0.4 is 29.6 Å². The number of halogens is 2. The molecule has 78 heavy (non-hydrogen) atoms. The maximum Gasteiger partial charge on any atom is 1.00 e. The molecule has 28 heteroatoms. The number of hydrogen-bond acceptors (Lipinski definition) is 22. The minimum Gasteiger partial charge on any atom is -0.747 e. The summed E-state index contributed by atoms with van der Waals surface area (Å²) in [5, 5.41) is 1.26. The van der Waals surface area contributed by atoms with Crippen molar-refractivity contribution in [2.45, 2.75) is 107 Å². The van der Waals surface area contributed by atoms with E-state index in [9.17, 15) is 64.3 Å². The van der Waals surface area contributed by atoms with Crippen molar-refractivity contribution in [2.24, 2.45) is 0 Å². The fourth-order valence-corrected chi connectivity index (χ4v) is 8.57. The first kappa shape index (κ1) is 82.3. The van der Waals surface area contributed by atoms with Crippen LogP contribution in [0.5, 0.6) is 0 Å². The zero-order chi connectivity index (χ0) is 60.0. The molecule has 3 aromatic carbocycles. The molecule has 0 heterocycles. The number of ether oxygens (including phenoxy) is 6. The van der Waals surface area contributed by atoms with Crippen LogP contribution in [0.2, 0.25) is 0 Å². The molecular formula is C50H72Cl2NNaO21S3. The second-order valence-electron chi connectivity index (χ2n) is 13.6. The van der Waals surface area contributed by atoms with E-state index in [1.54, 1.807) is 20.8 Å². The number of rotatable bonds is 22. The van der Waals surface area contributed by atoms with E-state index in [1.807, 2.05) is 0 Å². The average Bonchev–Trinajstić information content (AvgIpc) is 3.34. The maximum absolute atomic E-state index is 11.0. The van der Waals surface area contributed by atoms with Crippen molar-refractivity contribution in [1.29, 1.82) is 0 Å². The van der Waals surface area contributed by atoms with Gasteiger partial charge in [-0.1, -0.05) is 75.4 Å². The van der Waals surface area contributed by atoms with E-state index in [2.05, 4.69) is 145 Å². The molecule has 0 radical (unpaired) electrons. The third-order valence-corrected chi connectivity index (χ3v) is 12.5. The van der Waals surface area contributed by atoms with Gasteiger partial charge in [-0.25, -0.2) is 16.8 Å². The fraction of sp³-hybridized carbons (Fsp3) is 0.480. The Bertz CT molecular complexity index is 2120. The Morgan fingerprint density at radius 3 is 0.821 bits per heavy atom. The van der Waals surface area contributed by atoms with E-state index in [-0.39, 0.29) is 99.5 Å². The molecule has 0 saturated carbocycles. The van der Waals surface area contributed by atoms with Crippen LogP contribution in [-0.2, 0) is 97.9 Å². The Morgan fingerprint density at radius 2 is 0.679 bits per heavy atom. The maximum atomic E-state index is 11.0. The number of nitrogens with zero attached hydrogens (tertiary/aromatic N) is 1. The largest absolute Gasteiger partial charge is 1.00 e. The Hall–Kier alpha value is -4.51. The van der Waals surface area contributed by atoms with Gasteiger partial charge in [0.25, 0.3) is 0 Å². The number of esters is 6. The van der Waals surface area contributed by atoms with Crippen molar-refractivity contribution >= 4 is 101 Å². The van der Waals surface area contributed by atoms with Gasteiger partial charge in [0.15, 0.2) is 14.7 Å². The van der Waals surface area contributed by atoms with Crippen LogP contribution in [-0.4, -0.2) is 159 Å². The molecule has 0 unspecified atom stereocenters. The topological polar surface area (TPSA) is 330 Å². The summed E-state index contributed by atoms with van der Waals surface area (Å²) in [6, 6.07) is 32.2. The molecule has 0 aromatic heterocycles. The van der Waals surface area contributed by atoms with E-state index in [4.69, 9.17) is 28.3 Å². The standard InChI is InChI=1S/C18H15S.2C7H12O7S.C7H12O4.C6H15N.C3H2Cl2O2.C2H6O.Na/c1-4-10-16(11-5-1)19(17-12-6-2-7-13-17)18-14-8-3-9-15-18;2*1-3-13-6(8)5(15(10,11)12)7(9)14-4-2;1-3-10-6(8)5-7(9)11-4-2;1-4-7(5-2)6-3;4-2(6)1-3(5)7;1-2-3;/h1-15H;2*5H,3-4H2,1-2H3,(H,10,11,12);3-5H2,1-2H3;4-6H2,1-3H3;1H2;3H,2H2,1H3;/q+1;;;;;;;+1/p-2. The minimum absolute atomic E-state index is 0. The number of benzene rings is 3. The van der Waals surface area contributed by atoms with Gasteiger partial charge in [0, 0.05) is 6.61 Å². The van der Waals surface area contributed by atoms with Crippen LogP contribution in [0, 0.1) is 0 Å². The van der Waals surface area contributed by atoms with E-state index in [0.29, 0.717) is 0 Å². The zero-order valence-corrected chi connectivity index (χ0v) is 51.8. The molecule has 0 aliphatic carbocycles. The van der Waals surface area contributed by atoms with Gasteiger partial charge in [-0.05, 0) is 128 Å². The summed E-state index contributed by atoms with van der Waals surface area (Å²) in [4.78, 5) is 91.1. The number of hydrogen-bond donors (Lipinski definition) is 1. The molecule has 0 aliphatic rings. The molecule has 0 fully saturated rings. The predicted octanol–water partition coefficient (Wildman–Crippen LogP) is 2.60. The third-order valence-electron chi connectivity index (χ3n) is 8.04. The molecule has 0 amide bonds. The number of aliphatic hydroxyl groups is 1. The summed E-state index contributed by atoms with van der Waals surface area (Å²) in [6.07, 6.45) is -0.676. The van der Waals surface area contributed by atoms with Crippen LogP contribution in [0.25, 0.3) is 0 Å². The molecule has 0 atom stereocenters. The SMILES string of the molecule is CCN(CC)CC.CCO.CCOC(=O)C(C(=O)OCC)S(=O)(=O)[O-].CCOC(=O)C(C(=O)OCC)S(=O)(=O)[O-].CCOC(=O)CC(=O)OCC.O=C(Cl)CC(=O)Cl.[Na+].c1ccc([S+](c2ccccc2)c2ccccc2)cc1. The normalized spacial score (nSPS) is 10.0. The first-order chi connectivity index (χ1) is 36.2. The number of carbonyl (C=O) groups is 8. The van der Waals surface area contributed by atoms with Crippen molar-refractivity contribution < 1.29 is 127 Å². The van der Waals surface area contributed by atoms with Crippen LogP contribution >= 0.6 is 23.2 Å². The van der Waals surface area contributed by atoms with Crippen molar-refractivity contribution in [3.63, 3.8) is 0 Å². The van der Waals surface area contributed by atoms with Gasteiger partial charge in [0.1, 0.15) is 26.7 Å². The summed E-state index contributed by atoms with van der Waals surface area (Å²) >= 11 is 9.46. The molecule has 436 valence electrons. The molecule has 0 bridgehead atoms.